The first-order chi connectivity index (χ1) is 10.1. The van der Waals surface area contributed by atoms with Gasteiger partial charge in [0.2, 0.25) is 0 Å². The molecule has 2 heterocycles. The van der Waals surface area contributed by atoms with E-state index in [1.54, 1.807) is 0 Å². The molecule has 1 N–H and O–H groups in total. The maximum atomic E-state index is 5.93. The molecule has 2 aromatic heterocycles. The van der Waals surface area contributed by atoms with Gasteiger partial charge in [0.25, 0.3) is 0 Å². The Morgan fingerprint density at radius 1 is 1.29 bits per heavy atom. The molecule has 0 bridgehead atoms. The summed E-state index contributed by atoms with van der Waals surface area (Å²) >= 11 is 3.69. The number of aromatic nitrogens is 2. The number of hydrogen-bond acceptors (Lipinski definition) is 3. The topological polar surface area (TPSA) is 43.0 Å². The lowest BCUT2D eigenvalue weighted by molar-refractivity contribution is 0.392. The molecule has 0 radical (unpaired) electrons. The molecule has 21 heavy (non-hydrogen) atoms. The largest absolute Gasteiger partial charge is 0.464 e. The Hall–Kier alpha value is -1.07. The molecule has 116 valence electrons. The molecule has 0 aliphatic heterocycles. The third kappa shape index (κ3) is 3.58. The average molecular weight is 354 g/mol. The first-order valence-corrected chi connectivity index (χ1v) is 8.42. The maximum absolute atomic E-state index is 5.93. The van der Waals surface area contributed by atoms with Crippen molar-refractivity contribution in [3.8, 4) is 0 Å². The number of rotatable bonds is 7. The van der Waals surface area contributed by atoms with E-state index in [1.165, 1.54) is 5.69 Å². The molecule has 4 nitrogen and oxygen atoms in total. The Morgan fingerprint density at radius 3 is 2.57 bits per heavy atom. The average Bonchev–Trinajstić information content (AvgIpc) is 3.05. The number of aryl methyl sites for hydroxylation is 3. The molecule has 1 atom stereocenters. The number of nitrogens with zero attached hydrogens (tertiary/aromatic N) is 2. The minimum absolute atomic E-state index is 0.173. The van der Waals surface area contributed by atoms with E-state index in [1.807, 2.05) is 11.7 Å². The van der Waals surface area contributed by atoms with Gasteiger partial charge in [0.05, 0.1) is 21.9 Å². The number of likely N-dealkylation sites (N-methyl/N-ethyl adjacent to an activating group) is 1. The van der Waals surface area contributed by atoms with Gasteiger partial charge in [0.15, 0.2) is 0 Å². The van der Waals surface area contributed by atoms with Crippen molar-refractivity contribution in [2.75, 3.05) is 6.54 Å². The number of nitrogens with one attached hydrogen (secondary N) is 1. The number of halogens is 1. The van der Waals surface area contributed by atoms with Crippen LogP contribution < -0.4 is 5.32 Å². The highest BCUT2D eigenvalue weighted by molar-refractivity contribution is 9.10. The van der Waals surface area contributed by atoms with Crippen molar-refractivity contribution in [3.63, 3.8) is 0 Å². The van der Waals surface area contributed by atoms with Gasteiger partial charge in [-0.25, -0.2) is 0 Å². The van der Waals surface area contributed by atoms with Crippen LogP contribution in [-0.4, -0.2) is 16.3 Å². The zero-order valence-electron chi connectivity index (χ0n) is 13.2. The van der Waals surface area contributed by atoms with Gasteiger partial charge in [-0.2, -0.15) is 5.10 Å². The zero-order chi connectivity index (χ0) is 15.4. The molecule has 0 aromatic carbocycles. The third-order valence-corrected chi connectivity index (χ3v) is 4.64. The van der Waals surface area contributed by atoms with Crippen LogP contribution in [0, 0.1) is 0 Å². The van der Waals surface area contributed by atoms with Gasteiger partial charge in [-0.15, -0.1) is 0 Å². The van der Waals surface area contributed by atoms with Crippen LogP contribution >= 0.6 is 15.9 Å². The highest BCUT2D eigenvalue weighted by Gasteiger charge is 2.20. The molecule has 0 spiro atoms. The molecule has 2 rings (SSSR count). The Morgan fingerprint density at radius 2 is 2.05 bits per heavy atom. The summed E-state index contributed by atoms with van der Waals surface area (Å²) in [5.74, 6) is 2.03. The van der Waals surface area contributed by atoms with E-state index in [2.05, 4.69) is 59.2 Å². The van der Waals surface area contributed by atoms with Crippen molar-refractivity contribution in [1.29, 1.82) is 0 Å². The van der Waals surface area contributed by atoms with Crippen LogP contribution in [0.5, 0.6) is 0 Å². The van der Waals surface area contributed by atoms with E-state index >= 15 is 0 Å². The molecular formula is C16H24BrN3O. The van der Waals surface area contributed by atoms with E-state index in [0.29, 0.717) is 0 Å². The third-order valence-electron chi connectivity index (χ3n) is 3.73. The first-order valence-electron chi connectivity index (χ1n) is 7.62. The van der Waals surface area contributed by atoms with Gasteiger partial charge >= 0.3 is 0 Å². The lowest BCUT2D eigenvalue weighted by Gasteiger charge is -2.16. The van der Waals surface area contributed by atoms with E-state index in [9.17, 15) is 0 Å². The molecule has 0 fully saturated rings. The fourth-order valence-corrected chi connectivity index (χ4v) is 3.30. The summed E-state index contributed by atoms with van der Waals surface area (Å²) in [7, 11) is 2.00. The number of hydrogen-bond donors (Lipinski definition) is 1. The summed E-state index contributed by atoms with van der Waals surface area (Å²) in [6.07, 6.45) is 2.71. The van der Waals surface area contributed by atoms with Crippen LogP contribution in [0.1, 0.15) is 49.7 Å². The van der Waals surface area contributed by atoms with Gasteiger partial charge in [-0.05, 0) is 41.0 Å². The lowest BCUT2D eigenvalue weighted by atomic mass is 10.1. The van der Waals surface area contributed by atoms with Crippen molar-refractivity contribution < 1.29 is 4.42 Å². The summed E-state index contributed by atoms with van der Waals surface area (Å²) in [5, 5.41) is 8.08. The predicted molar refractivity (Wildman–Crippen MR) is 88.5 cm³/mol. The lowest BCUT2D eigenvalue weighted by Crippen LogP contribution is -2.23. The highest BCUT2D eigenvalue weighted by Crippen LogP contribution is 2.27. The molecule has 0 aliphatic carbocycles. The van der Waals surface area contributed by atoms with E-state index in [4.69, 9.17) is 4.42 Å². The Balaban J connectivity index is 2.26. The van der Waals surface area contributed by atoms with Crippen LogP contribution in [-0.2, 0) is 26.3 Å². The molecule has 5 heteroatoms. The van der Waals surface area contributed by atoms with Crippen LogP contribution in [0.3, 0.4) is 0 Å². The Labute approximate surface area is 135 Å². The summed E-state index contributed by atoms with van der Waals surface area (Å²) in [6.45, 7) is 7.25. The van der Waals surface area contributed by atoms with E-state index < -0.39 is 0 Å². The minimum atomic E-state index is 0.173. The summed E-state index contributed by atoms with van der Waals surface area (Å²) in [5.41, 5.74) is 2.31. The Bertz CT molecular complexity index is 588. The van der Waals surface area contributed by atoms with Crippen molar-refractivity contribution >= 4 is 15.9 Å². The van der Waals surface area contributed by atoms with Gasteiger partial charge in [-0.1, -0.05) is 20.8 Å². The van der Waals surface area contributed by atoms with Crippen LogP contribution in [0.15, 0.2) is 21.0 Å². The molecule has 0 saturated carbocycles. The normalized spacial score (nSPS) is 12.8. The smallest absolute Gasteiger partial charge is 0.121 e. The maximum Gasteiger partial charge on any atom is 0.121 e. The summed E-state index contributed by atoms with van der Waals surface area (Å²) in [6, 6.07) is 4.32. The SMILES string of the molecule is CCNC(Cc1c(Br)c(CC)nn1C)c1ccc(CC)o1. The van der Waals surface area contributed by atoms with E-state index in [0.717, 1.165) is 47.5 Å². The van der Waals surface area contributed by atoms with Crippen molar-refractivity contribution in [3.05, 3.63) is 39.5 Å². The van der Waals surface area contributed by atoms with Crippen LogP contribution in [0.4, 0.5) is 0 Å². The second-order valence-electron chi connectivity index (χ2n) is 5.16. The second-order valence-corrected chi connectivity index (χ2v) is 5.95. The van der Waals surface area contributed by atoms with E-state index in [-0.39, 0.29) is 6.04 Å². The molecule has 0 amide bonds. The van der Waals surface area contributed by atoms with Gasteiger partial charge in [0, 0.05) is 19.9 Å². The van der Waals surface area contributed by atoms with Crippen molar-refractivity contribution in [2.45, 2.75) is 46.1 Å². The number of furan rings is 1. The summed E-state index contributed by atoms with van der Waals surface area (Å²) in [4.78, 5) is 0. The van der Waals surface area contributed by atoms with Gasteiger partial charge < -0.3 is 9.73 Å². The Kier molecular flexibility index (Phi) is 5.65. The minimum Gasteiger partial charge on any atom is -0.464 e. The monoisotopic (exact) mass is 353 g/mol. The van der Waals surface area contributed by atoms with Gasteiger partial charge in [0.1, 0.15) is 11.5 Å². The summed E-state index contributed by atoms with van der Waals surface area (Å²) < 4.78 is 9.02. The molecule has 0 saturated heterocycles. The first kappa shape index (κ1) is 16.3. The van der Waals surface area contributed by atoms with Gasteiger partial charge in [-0.3, -0.25) is 4.68 Å². The fraction of sp³-hybridized carbons (Fsp3) is 0.562. The van der Waals surface area contributed by atoms with Crippen LogP contribution in [0.25, 0.3) is 0 Å². The standard InChI is InChI=1S/C16H24BrN3O/c1-5-11-8-9-15(21-11)13(18-7-3)10-14-16(17)12(6-2)19-20(14)4/h8-9,13,18H,5-7,10H2,1-4H3. The molecule has 1 unspecified atom stereocenters. The molecule has 2 aromatic rings. The van der Waals surface area contributed by atoms with Crippen LogP contribution in [0.2, 0.25) is 0 Å². The van der Waals surface area contributed by atoms with Crippen molar-refractivity contribution in [2.24, 2.45) is 7.05 Å². The fourth-order valence-electron chi connectivity index (χ4n) is 2.53. The highest BCUT2D eigenvalue weighted by atomic mass is 79.9. The predicted octanol–water partition coefficient (Wildman–Crippen LogP) is 3.79. The molecular weight excluding hydrogens is 330 g/mol. The van der Waals surface area contributed by atoms with Crippen molar-refractivity contribution in [1.82, 2.24) is 15.1 Å². The quantitative estimate of drug-likeness (QED) is 0.823. The second kappa shape index (κ2) is 7.27. The molecule has 0 aliphatic rings. The zero-order valence-corrected chi connectivity index (χ0v) is 14.8.